The molecule has 0 unspecified atom stereocenters. The van der Waals surface area contributed by atoms with Crippen molar-refractivity contribution < 1.29 is 20.1 Å². The highest BCUT2D eigenvalue weighted by Crippen LogP contribution is 2.07. The van der Waals surface area contributed by atoms with Crippen LogP contribution in [0.15, 0.2) is 48.5 Å². The first-order chi connectivity index (χ1) is 9.06. The van der Waals surface area contributed by atoms with Gasteiger partial charge in [-0.25, -0.2) is 0 Å². The second-order valence-electron chi connectivity index (χ2n) is 4.41. The Kier molecular flexibility index (Phi) is 4.39. The lowest BCUT2D eigenvalue weighted by atomic mass is 9.78. The lowest BCUT2D eigenvalue weighted by Gasteiger charge is -2.07. The van der Waals surface area contributed by atoms with E-state index in [0.29, 0.717) is 17.3 Å². The molecule has 2 aromatic carbocycles. The quantitative estimate of drug-likeness (QED) is 0.509. The van der Waals surface area contributed by atoms with Gasteiger partial charge in [0, 0.05) is 0 Å². The minimum Gasteiger partial charge on any atom is -0.423 e. The number of rotatable bonds is 4. The second kappa shape index (κ2) is 6.04. The zero-order chi connectivity index (χ0) is 13.8. The Morgan fingerprint density at radius 1 is 0.684 bits per heavy atom. The summed E-state index contributed by atoms with van der Waals surface area (Å²) in [6.07, 6.45) is 0.584. The molecule has 0 radical (unpaired) electrons. The molecule has 0 aliphatic heterocycles. The molecule has 0 heterocycles. The standard InChI is InChI=1S/C13H14B2O4/c16-14(17)12-5-1-3-10(8-12)7-11-4-2-6-13(9-11)15(18)19/h1-6,8-9,16-19H,7H2. The molecule has 19 heavy (non-hydrogen) atoms. The van der Waals surface area contributed by atoms with Gasteiger partial charge in [-0.1, -0.05) is 48.5 Å². The van der Waals surface area contributed by atoms with Gasteiger partial charge in [0.1, 0.15) is 0 Å². The van der Waals surface area contributed by atoms with Gasteiger partial charge < -0.3 is 20.1 Å². The van der Waals surface area contributed by atoms with E-state index in [-0.39, 0.29) is 0 Å². The fourth-order valence-electron chi connectivity index (χ4n) is 1.96. The maximum absolute atomic E-state index is 9.12. The van der Waals surface area contributed by atoms with Crippen LogP contribution in [0.3, 0.4) is 0 Å². The highest BCUT2D eigenvalue weighted by Gasteiger charge is 2.12. The normalized spacial score (nSPS) is 10.3. The van der Waals surface area contributed by atoms with Crippen molar-refractivity contribution >= 4 is 25.2 Å². The average Bonchev–Trinajstić information content (AvgIpc) is 2.39. The number of benzene rings is 2. The van der Waals surface area contributed by atoms with Crippen molar-refractivity contribution in [3.8, 4) is 0 Å². The summed E-state index contributed by atoms with van der Waals surface area (Å²) in [5.41, 5.74) is 2.73. The van der Waals surface area contributed by atoms with Crippen molar-refractivity contribution in [2.45, 2.75) is 6.42 Å². The third-order valence-corrected chi connectivity index (χ3v) is 2.91. The summed E-state index contributed by atoms with van der Waals surface area (Å²) in [4.78, 5) is 0. The molecular weight excluding hydrogens is 242 g/mol. The summed E-state index contributed by atoms with van der Waals surface area (Å²) in [6, 6.07) is 14.0. The van der Waals surface area contributed by atoms with Crippen LogP contribution in [0.4, 0.5) is 0 Å². The largest absolute Gasteiger partial charge is 0.488 e. The molecule has 0 aliphatic rings. The summed E-state index contributed by atoms with van der Waals surface area (Å²) in [5, 5.41) is 36.5. The van der Waals surface area contributed by atoms with Gasteiger partial charge in [0.15, 0.2) is 0 Å². The summed E-state index contributed by atoms with van der Waals surface area (Å²) in [7, 11) is -2.96. The van der Waals surface area contributed by atoms with Crippen molar-refractivity contribution in [3.63, 3.8) is 0 Å². The molecule has 0 aromatic heterocycles. The van der Waals surface area contributed by atoms with E-state index in [1.807, 2.05) is 12.1 Å². The molecule has 0 atom stereocenters. The zero-order valence-electron chi connectivity index (χ0n) is 10.3. The SMILES string of the molecule is OB(O)c1cccc(Cc2cccc(B(O)O)c2)c1. The summed E-state index contributed by atoms with van der Waals surface area (Å²) >= 11 is 0. The van der Waals surface area contributed by atoms with E-state index in [4.69, 9.17) is 20.1 Å². The molecular formula is C13H14B2O4. The van der Waals surface area contributed by atoms with Gasteiger partial charge in [-0.3, -0.25) is 0 Å². The van der Waals surface area contributed by atoms with Crippen LogP contribution < -0.4 is 10.9 Å². The molecule has 0 bridgehead atoms. The average molecular weight is 256 g/mol. The molecule has 0 spiro atoms. The van der Waals surface area contributed by atoms with Crippen LogP contribution in [-0.4, -0.2) is 34.3 Å². The Hall–Kier alpha value is -1.59. The Labute approximate surface area is 112 Å². The van der Waals surface area contributed by atoms with Crippen molar-refractivity contribution in [1.29, 1.82) is 0 Å². The molecule has 0 fully saturated rings. The van der Waals surface area contributed by atoms with Gasteiger partial charge in [-0.2, -0.15) is 0 Å². The van der Waals surface area contributed by atoms with Crippen LogP contribution >= 0.6 is 0 Å². The summed E-state index contributed by atoms with van der Waals surface area (Å²) < 4.78 is 0. The lowest BCUT2D eigenvalue weighted by molar-refractivity contribution is 0.424. The number of hydrogen-bond donors (Lipinski definition) is 4. The Morgan fingerprint density at radius 2 is 1.11 bits per heavy atom. The zero-order valence-corrected chi connectivity index (χ0v) is 10.3. The summed E-state index contributed by atoms with van der Waals surface area (Å²) in [6.45, 7) is 0. The first kappa shape index (κ1) is 13.8. The summed E-state index contributed by atoms with van der Waals surface area (Å²) in [5.74, 6) is 0. The van der Waals surface area contributed by atoms with Crippen LogP contribution in [0.1, 0.15) is 11.1 Å². The fourth-order valence-corrected chi connectivity index (χ4v) is 1.96. The van der Waals surface area contributed by atoms with Gasteiger partial charge >= 0.3 is 14.2 Å². The molecule has 0 aliphatic carbocycles. The van der Waals surface area contributed by atoms with E-state index in [0.717, 1.165) is 11.1 Å². The van der Waals surface area contributed by atoms with Crippen LogP contribution in [-0.2, 0) is 6.42 Å². The van der Waals surface area contributed by atoms with Gasteiger partial charge in [0.2, 0.25) is 0 Å². The van der Waals surface area contributed by atoms with E-state index in [2.05, 4.69) is 0 Å². The second-order valence-corrected chi connectivity index (χ2v) is 4.41. The van der Waals surface area contributed by atoms with Crippen molar-refractivity contribution in [3.05, 3.63) is 59.7 Å². The molecule has 2 aromatic rings. The van der Waals surface area contributed by atoms with Crippen LogP contribution in [0.2, 0.25) is 0 Å². The maximum Gasteiger partial charge on any atom is 0.488 e. The van der Waals surface area contributed by atoms with E-state index in [1.165, 1.54) is 0 Å². The predicted octanol–water partition coefficient (Wildman–Crippen LogP) is -1.36. The fraction of sp³-hybridized carbons (Fsp3) is 0.0769. The Morgan fingerprint density at radius 3 is 1.47 bits per heavy atom. The molecule has 0 amide bonds. The van der Waals surface area contributed by atoms with Gasteiger partial charge in [0.25, 0.3) is 0 Å². The Balaban J connectivity index is 2.21. The smallest absolute Gasteiger partial charge is 0.423 e. The van der Waals surface area contributed by atoms with Crippen LogP contribution in [0.5, 0.6) is 0 Å². The first-order valence-corrected chi connectivity index (χ1v) is 5.96. The van der Waals surface area contributed by atoms with Gasteiger partial charge in [0.05, 0.1) is 0 Å². The van der Waals surface area contributed by atoms with E-state index in [9.17, 15) is 0 Å². The monoisotopic (exact) mass is 256 g/mol. The van der Waals surface area contributed by atoms with E-state index >= 15 is 0 Å². The third-order valence-electron chi connectivity index (χ3n) is 2.91. The molecule has 4 nitrogen and oxygen atoms in total. The third kappa shape index (κ3) is 3.68. The van der Waals surface area contributed by atoms with E-state index in [1.54, 1.807) is 36.4 Å². The van der Waals surface area contributed by atoms with Gasteiger partial charge in [-0.15, -0.1) is 0 Å². The molecule has 6 heteroatoms. The predicted molar refractivity (Wildman–Crippen MR) is 75.3 cm³/mol. The minimum atomic E-state index is -1.48. The maximum atomic E-state index is 9.12. The van der Waals surface area contributed by atoms with E-state index < -0.39 is 14.2 Å². The molecule has 4 N–H and O–H groups in total. The van der Waals surface area contributed by atoms with Crippen molar-refractivity contribution in [2.75, 3.05) is 0 Å². The van der Waals surface area contributed by atoms with Crippen molar-refractivity contribution in [2.24, 2.45) is 0 Å². The highest BCUT2D eigenvalue weighted by atomic mass is 16.4. The minimum absolute atomic E-state index is 0.441. The molecule has 2 rings (SSSR count). The molecule has 0 saturated heterocycles. The highest BCUT2D eigenvalue weighted by molar-refractivity contribution is 6.59. The Bertz CT molecular complexity index is 508. The van der Waals surface area contributed by atoms with Crippen LogP contribution in [0, 0.1) is 0 Å². The first-order valence-electron chi connectivity index (χ1n) is 5.96. The molecule has 0 saturated carbocycles. The van der Waals surface area contributed by atoms with Crippen LogP contribution in [0.25, 0.3) is 0 Å². The van der Waals surface area contributed by atoms with Crippen molar-refractivity contribution in [1.82, 2.24) is 0 Å². The van der Waals surface area contributed by atoms with Gasteiger partial charge in [-0.05, 0) is 28.5 Å². The lowest BCUT2D eigenvalue weighted by Crippen LogP contribution is -2.30. The molecule has 96 valence electrons. The topological polar surface area (TPSA) is 80.9 Å². The number of hydrogen-bond acceptors (Lipinski definition) is 4.